The molecule has 2 N–H and O–H groups in total. The van der Waals surface area contributed by atoms with Gasteiger partial charge in [0.15, 0.2) is 0 Å². The smallest absolute Gasteiger partial charge is 0.141 e. The summed E-state index contributed by atoms with van der Waals surface area (Å²) in [5.41, 5.74) is 6.79. The predicted molar refractivity (Wildman–Crippen MR) is 66.9 cm³/mol. The first-order valence-corrected chi connectivity index (χ1v) is 6.41. The topological polar surface area (TPSA) is 38.9 Å². The molecule has 2 rings (SSSR count). The number of pyridine rings is 1. The Morgan fingerprint density at radius 3 is 2.47 bits per heavy atom. The van der Waals surface area contributed by atoms with Crippen LogP contribution in [0.2, 0.25) is 0 Å². The molecule has 1 unspecified atom stereocenters. The maximum Gasteiger partial charge on any atom is 0.141 e. The van der Waals surface area contributed by atoms with Crippen molar-refractivity contribution in [2.75, 3.05) is 0 Å². The van der Waals surface area contributed by atoms with Gasteiger partial charge in [-0.25, -0.2) is 4.39 Å². The van der Waals surface area contributed by atoms with Crippen LogP contribution in [0, 0.1) is 17.7 Å². The molecule has 0 bridgehead atoms. The van der Waals surface area contributed by atoms with Gasteiger partial charge in [-0.3, -0.25) is 4.98 Å². The molecule has 1 aromatic rings. The molecule has 1 aliphatic carbocycles. The number of rotatable bonds is 2. The Morgan fingerprint density at radius 2 is 1.94 bits per heavy atom. The summed E-state index contributed by atoms with van der Waals surface area (Å²) in [7, 11) is 0. The Kier molecular flexibility index (Phi) is 3.48. The van der Waals surface area contributed by atoms with E-state index in [4.69, 9.17) is 5.73 Å². The zero-order valence-corrected chi connectivity index (χ0v) is 10.6. The lowest BCUT2D eigenvalue weighted by Gasteiger charge is -2.38. The lowest BCUT2D eigenvalue weighted by Crippen LogP contribution is -2.43. The van der Waals surface area contributed by atoms with E-state index >= 15 is 0 Å². The van der Waals surface area contributed by atoms with Crippen molar-refractivity contribution in [3.63, 3.8) is 0 Å². The highest BCUT2D eigenvalue weighted by Crippen LogP contribution is 2.38. The van der Waals surface area contributed by atoms with E-state index in [1.54, 1.807) is 6.07 Å². The normalized spacial score (nSPS) is 28.7. The third-order valence-electron chi connectivity index (χ3n) is 4.14. The summed E-state index contributed by atoms with van der Waals surface area (Å²) in [5, 5.41) is 0. The van der Waals surface area contributed by atoms with E-state index in [1.807, 2.05) is 6.92 Å². The second-order valence-electron chi connectivity index (χ2n) is 5.60. The van der Waals surface area contributed by atoms with E-state index in [1.165, 1.54) is 25.1 Å². The number of hydrogen-bond donors (Lipinski definition) is 1. The van der Waals surface area contributed by atoms with Crippen molar-refractivity contribution in [2.24, 2.45) is 17.6 Å². The van der Waals surface area contributed by atoms with Crippen LogP contribution in [-0.4, -0.2) is 4.98 Å². The molecule has 0 radical (unpaired) electrons. The van der Waals surface area contributed by atoms with Gasteiger partial charge in [0.2, 0.25) is 0 Å². The maximum absolute atomic E-state index is 12.9. The Balaban J connectivity index is 2.15. The highest BCUT2D eigenvalue weighted by molar-refractivity contribution is 5.16. The summed E-state index contributed by atoms with van der Waals surface area (Å²) in [4.78, 5) is 4.14. The van der Waals surface area contributed by atoms with Crippen molar-refractivity contribution in [3.05, 3.63) is 29.8 Å². The van der Waals surface area contributed by atoms with Crippen molar-refractivity contribution in [1.29, 1.82) is 0 Å². The SMILES string of the molecule is CC1CCC(C(C)(N)c2ccc(F)cn2)CC1. The fourth-order valence-electron chi connectivity index (χ4n) is 2.76. The van der Waals surface area contributed by atoms with Crippen molar-refractivity contribution in [3.8, 4) is 0 Å². The van der Waals surface area contributed by atoms with Crippen molar-refractivity contribution in [1.82, 2.24) is 4.98 Å². The molecule has 0 aromatic carbocycles. The first-order valence-electron chi connectivity index (χ1n) is 6.41. The highest BCUT2D eigenvalue weighted by Gasteiger charge is 2.35. The van der Waals surface area contributed by atoms with Crippen LogP contribution in [0.1, 0.15) is 45.2 Å². The second-order valence-corrected chi connectivity index (χ2v) is 5.60. The quantitative estimate of drug-likeness (QED) is 0.856. The minimum Gasteiger partial charge on any atom is -0.320 e. The van der Waals surface area contributed by atoms with E-state index < -0.39 is 5.54 Å². The molecule has 17 heavy (non-hydrogen) atoms. The number of halogens is 1. The number of nitrogens with two attached hydrogens (primary N) is 1. The van der Waals surface area contributed by atoms with Gasteiger partial charge in [0.25, 0.3) is 0 Å². The molecule has 1 fully saturated rings. The molecule has 2 nitrogen and oxygen atoms in total. The van der Waals surface area contributed by atoms with Crippen LogP contribution in [0.5, 0.6) is 0 Å². The van der Waals surface area contributed by atoms with Crippen LogP contribution in [0.3, 0.4) is 0 Å². The summed E-state index contributed by atoms with van der Waals surface area (Å²) in [6.45, 7) is 4.31. The Labute approximate surface area is 102 Å². The molecule has 1 atom stereocenters. The van der Waals surface area contributed by atoms with Crippen LogP contribution in [-0.2, 0) is 5.54 Å². The first-order chi connectivity index (χ1) is 8.00. The van der Waals surface area contributed by atoms with E-state index in [-0.39, 0.29) is 5.82 Å². The van der Waals surface area contributed by atoms with E-state index in [0.29, 0.717) is 5.92 Å². The van der Waals surface area contributed by atoms with Crippen molar-refractivity contribution in [2.45, 2.75) is 45.1 Å². The zero-order valence-electron chi connectivity index (χ0n) is 10.6. The predicted octanol–water partition coefficient (Wildman–Crippen LogP) is 3.22. The summed E-state index contributed by atoms with van der Waals surface area (Å²) < 4.78 is 12.9. The molecule has 3 heteroatoms. The Morgan fingerprint density at radius 1 is 1.29 bits per heavy atom. The number of hydrogen-bond acceptors (Lipinski definition) is 2. The summed E-state index contributed by atoms with van der Waals surface area (Å²) >= 11 is 0. The molecular weight excluding hydrogens is 215 g/mol. The average molecular weight is 236 g/mol. The van der Waals surface area contributed by atoms with E-state index in [0.717, 1.165) is 24.5 Å². The summed E-state index contributed by atoms with van der Waals surface area (Å²) in [6.07, 6.45) is 6.02. The van der Waals surface area contributed by atoms with Crippen LogP contribution in [0.15, 0.2) is 18.3 Å². The van der Waals surface area contributed by atoms with Gasteiger partial charge in [0, 0.05) is 0 Å². The highest BCUT2D eigenvalue weighted by atomic mass is 19.1. The average Bonchev–Trinajstić information content (AvgIpc) is 2.30. The van der Waals surface area contributed by atoms with Gasteiger partial charge in [0.05, 0.1) is 17.4 Å². The van der Waals surface area contributed by atoms with Gasteiger partial charge in [-0.2, -0.15) is 0 Å². The van der Waals surface area contributed by atoms with Crippen molar-refractivity contribution >= 4 is 0 Å². The molecule has 1 aliphatic rings. The minimum absolute atomic E-state index is 0.304. The largest absolute Gasteiger partial charge is 0.320 e. The fraction of sp³-hybridized carbons (Fsp3) is 0.643. The standard InChI is InChI=1S/C14H21FN2/c1-10-3-5-11(6-4-10)14(2,16)13-8-7-12(15)9-17-13/h7-11H,3-6,16H2,1-2H3. The van der Waals surface area contributed by atoms with Crippen LogP contribution in [0.4, 0.5) is 4.39 Å². The molecule has 0 amide bonds. The Hall–Kier alpha value is -0.960. The molecule has 1 aromatic heterocycles. The first kappa shape index (κ1) is 12.5. The molecular formula is C14H21FN2. The number of nitrogens with zero attached hydrogens (tertiary/aromatic N) is 1. The zero-order chi connectivity index (χ0) is 12.5. The van der Waals surface area contributed by atoms with Gasteiger partial charge in [-0.15, -0.1) is 0 Å². The third kappa shape index (κ3) is 2.65. The minimum atomic E-state index is -0.437. The molecule has 94 valence electrons. The summed E-state index contributed by atoms with van der Waals surface area (Å²) in [6, 6.07) is 3.16. The maximum atomic E-state index is 12.9. The molecule has 0 aliphatic heterocycles. The molecule has 0 spiro atoms. The van der Waals surface area contributed by atoms with Gasteiger partial charge in [-0.1, -0.05) is 19.8 Å². The lowest BCUT2D eigenvalue weighted by atomic mass is 9.72. The number of aromatic nitrogens is 1. The van der Waals surface area contributed by atoms with Gasteiger partial charge < -0.3 is 5.73 Å². The third-order valence-corrected chi connectivity index (χ3v) is 4.14. The van der Waals surface area contributed by atoms with Crippen LogP contribution in [0.25, 0.3) is 0 Å². The lowest BCUT2D eigenvalue weighted by molar-refractivity contribution is 0.189. The van der Waals surface area contributed by atoms with Crippen LogP contribution >= 0.6 is 0 Å². The fourth-order valence-corrected chi connectivity index (χ4v) is 2.76. The van der Waals surface area contributed by atoms with E-state index in [2.05, 4.69) is 11.9 Å². The summed E-state index contributed by atoms with van der Waals surface area (Å²) in [5.74, 6) is 0.960. The molecule has 0 saturated heterocycles. The van der Waals surface area contributed by atoms with Crippen LogP contribution < -0.4 is 5.73 Å². The van der Waals surface area contributed by atoms with E-state index in [9.17, 15) is 4.39 Å². The molecule has 1 saturated carbocycles. The monoisotopic (exact) mass is 236 g/mol. The molecule has 1 heterocycles. The van der Waals surface area contributed by atoms with Gasteiger partial charge in [-0.05, 0) is 43.7 Å². The Bertz CT molecular complexity index is 364. The van der Waals surface area contributed by atoms with Gasteiger partial charge in [0.1, 0.15) is 5.82 Å². The van der Waals surface area contributed by atoms with Gasteiger partial charge >= 0.3 is 0 Å². The second kappa shape index (κ2) is 4.73. The van der Waals surface area contributed by atoms with Crippen molar-refractivity contribution < 1.29 is 4.39 Å².